The average Bonchev–Trinajstić information content (AvgIpc) is 2.85. The molecule has 0 radical (unpaired) electrons. The quantitative estimate of drug-likeness (QED) is 0.731. The Labute approximate surface area is 130 Å². The molecule has 5 nitrogen and oxygen atoms in total. The van der Waals surface area contributed by atoms with Gasteiger partial charge in [-0.1, -0.05) is 0 Å². The molecule has 2 aromatic rings. The number of nitrogens with two attached hydrogens (primary N) is 2. The van der Waals surface area contributed by atoms with E-state index < -0.39 is 5.97 Å². The number of hydrogen-bond donors (Lipinski definition) is 3. The average molecular weight is 303 g/mol. The fourth-order valence-corrected chi connectivity index (χ4v) is 3.12. The van der Waals surface area contributed by atoms with Crippen molar-refractivity contribution >= 4 is 16.9 Å². The van der Waals surface area contributed by atoms with E-state index >= 15 is 0 Å². The van der Waals surface area contributed by atoms with Gasteiger partial charge in [-0.3, -0.25) is 0 Å². The molecule has 1 heterocycles. The van der Waals surface area contributed by atoms with E-state index in [9.17, 15) is 9.90 Å². The van der Waals surface area contributed by atoms with Crippen molar-refractivity contribution in [3.63, 3.8) is 0 Å². The molecule has 1 aromatic heterocycles. The molecule has 22 heavy (non-hydrogen) atoms. The minimum absolute atomic E-state index is 0.385. The number of carboxylic acids is 1. The summed E-state index contributed by atoms with van der Waals surface area (Å²) in [5.74, 6) is -0.873. The second-order valence-corrected chi connectivity index (χ2v) is 5.78. The van der Waals surface area contributed by atoms with Crippen molar-refractivity contribution in [3.05, 3.63) is 34.5 Å². The molecule has 2 rings (SSSR count). The van der Waals surface area contributed by atoms with Crippen LogP contribution in [0.1, 0.15) is 39.9 Å². The number of rotatable bonds is 7. The molecule has 120 valence electrons. The minimum atomic E-state index is -0.873. The number of carbonyl (C=O) groups is 1. The fourth-order valence-electron chi connectivity index (χ4n) is 3.12. The van der Waals surface area contributed by atoms with Gasteiger partial charge >= 0.3 is 5.97 Å². The number of fused-ring (bicyclic) bond motifs is 1. The molecule has 0 amide bonds. The van der Waals surface area contributed by atoms with E-state index in [1.54, 1.807) is 6.07 Å². The van der Waals surface area contributed by atoms with Crippen LogP contribution in [0.4, 0.5) is 0 Å². The smallest absolute Gasteiger partial charge is 0.335 e. The van der Waals surface area contributed by atoms with Crippen molar-refractivity contribution in [1.29, 1.82) is 0 Å². The highest BCUT2D eigenvalue weighted by Crippen LogP contribution is 2.31. The summed E-state index contributed by atoms with van der Waals surface area (Å²) in [5, 5.41) is 10.5. The topological polar surface area (TPSA) is 94.3 Å². The zero-order valence-electron chi connectivity index (χ0n) is 13.4. The predicted molar refractivity (Wildman–Crippen MR) is 89.4 cm³/mol. The van der Waals surface area contributed by atoms with E-state index in [0.717, 1.165) is 47.8 Å². The van der Waals surface area contributed by atoms with Gasteiger partial charge in [0.25, 0.3) is 0 Å². The first kappa shape index (κ1) is 16.5. The van der Waals surface area contributed by atoms with Crippen LogP contribution in [-0.2, 0) is 13.0 Å². The van der Waals surface area contributed by atoms with Crippen LogP contribution in [0.25, 0.3) is 10.9 Å². The van der Waals surface area contributed by atoms with Gasteiger partial charge in [0, 0.05) is 18.1 Å². The van der Waals surface area contributed by atoms with Gasteiger partial charge in [0.05, 0.1) is 11.1 Å². The van der Waals surface area contributed by atoms with Gasteiger partial charge in [0.2, 0.25) is 0 Å². The van der Waals surface area contributed by atoms with Crippen molar-refractivity contribution in [2.75, 3.05) is 13.1 Å². The molecule has 1 aromatic carbocycles. The third-order valence-corrected chi connectivity index (χ3v) is 4.15. The van der Waals surface area contributed by atoms with Crippen molar-refractivity contribution < 1.29 is 9.90 Å². The van der Waals surface area contributed by atoms with Crippen LogP contribution in [0.2, 0.25) is 0 Å². The molecular weight excluding hydrogens is 278 g/mol. The molecule has 0 aliphatic heterocycles. The highest BCUT2D eigenvalue weighted by atomic mass is 16.4. The van der Waals surface area contributed by atoms with Crippen molar-refractivity contribution in [3.8, 4) is 0 Å². The second-order valence-electron chi connectivity index (χ2n) is 5.78. The molecule has 5 heteroatoms. The van der Waals surface area contributed by atoms with E-state index in [4.69, 9.17) is 11.5 Å². The summed E-state index contributed by atoms with van der Waals surface area (Å²) < 4.78 is 2.21. The van der Waals surface area contributed by atoms with E-state index in [2.05, 4.69) is 10.8 Å². The molecule has 0 aliphatic rings. The summed E-state index contributed by atoms with van der Waals surface area (Å²) >= 11 is 0. The van der Waals surface area contributed by atoms with Crippen molar-refractivity contribution in [1.82, 2.24) is 4.57 Å². The largest absolute Gasteiger partial charge is 0.478 e. The van der Waals surface area contributed by atoms with Crippen LogP contribution in [0.15, 0.2) is 12.3 Å². The zero-order chi connectivity index (χ0) is 16.3. The third-order valence-electron chi connectivity index (χ3n) is 4.15. The lowest BCUT2D eigenvalue weighted by Gasteiger charge is -2.11. The fraction of sp³-hybridized carbons (Fsp3) is 0.471. The highest BCUT2D eigenvalue weighted by Gasteiger charge is 2.18. The lowest BCUT2D eigenvalue weighted by Crippen LogP contribution is -2.06. The van der Waals surface area contributed by atoms with Gasteiger partial charge in [-0.15, -0.1) is 0 Å². The van der Waals surface area contributed by atoms with Crippen LogP contribution in [-0.4, -0.2) is 28.7 Å². The summed E-state index contributed by atoms with van der Waals surface area (Å²) in [6.45, 7) is 5.99. The molecule has 0 atom stereocenters. The first-order valence-electron chi connectivity index (χ1n) is 7.76. The summed E-state index contributed by atoms with van der Waals surface area (Å²) in [6.07, 6.45) is 4.80. The summed E-state index contributed by atoms with van der Waals surface area (Å²) in [4.78, 5) is 11.5. The Hall–Kier alpha value is -1.85. The van der Waals surface area contributed by atoms with Gasteiger partial charge in [0.15, 0.2) is 0 Å². The van der Waals surface area contributed by atoms with E-state index in [1.165, 1.54) is 5.56 Å². The SMILES string of the molecule is Cc1c(C(=O)O)cc(C)c2c1c(CCCN)cn2CCCN. The lowest BCUT2D eigenvalue weighted by atomic mass is 9.96. The molecule has 0 bridgehead atoms. The Bertz CT molecular complexity index is 689. The number of benzene rings is 1. The molecule has 0 saturated carbocycles. The number of nitrogens with zero attached hydrogens (tertiary/aromatic N) is 1. The molecule has 0 spiro atoms. The van der Waals surface area contributed by atoms with Gasteiger partial charge in [-0.2, -0.15) is 0 Å². The van der Waals surface area contributed by atoms with E-state index in [1.807, 2.05) is 13.8 Å². The van der Waals surface area contributed by atoms with Crippen LogP contribution >= 0.6 is 0 Å². The monoisotopic (exact) mass is 303 g/mol. The summed E-state index contributed by atoms with van der Waals surface area (Å²) in [6, 6.07) is 1.77. The third kappa shape index (κ3) is 3.00. The van der Waals surface area contributed by atoms with E-state index in [0.29, 0.717) is 18.7 Å². The first-order chi connectivity index (χ1) is 10.5. The van der Waals surface area contributed by atoms with Gasteiger partial charge < -0.3 is 21.1 Å². The Morgan fingerprint density at radius 3 is 2.50 bits per heavy atom. The summed E-state index contributed by atoms with van der Waals surface area (Å²) in [5.41, 5.74) is 15.8. The lowest BCUT2D eigenvalue weighted by molar-refractivity contribution is 0.0696. The standard InChI is InChI=1S/C17H25N3O2/c1-11-9-14(17(21)22)12(2)15-13(5-3-6-18)10-20(16(11)15)8-4-7-19/h9-10H,3-8,18-19H2,1-2H3,(H,21,22). The van der Waals surface area contributed by atoms with Gasteiger partial charge in [0.1, 0.15) is 0 Å². The normalized spacial score (nSPS) is 11.3. The predicted octanol–water partition coefficient (Wildman–Crippen LogP) is 2.20. The Morgan fingerprint density at radius 1 is 1.23 bits per heavy atom. The van der Waals surface area contributed by atoms with Crippen molar-refractivity contribution in [2.45, 2.75) is 39.7 Å². The minimum Gasteiger partial charge on any atom is -0.478 e. The molecule has 0 fully saturated rings. The molecule has 5 N–H and O–H groups in total. The maximum Gasteiger partial charge on any atom is 0.335 e. The summed E-state index contributed by atoms with van der Waals surface area (Å²) in [7, 11) is 0. The Kier molecular flexibility index (Phi) is 5.21. The Morgan fingerprint density at radius 2 is 1.91 bits per heavy atom. The second kappa shape index (κ2) is 6.94. The number of carboxylic acid groups (broad SMARTS) is 1. The Balaban J connectivity index is 2.68. The number of hydrogen-bond acceptors (Lipinski definition) is 3. The number of aromatic carboxylic acids is 1. The molecule has 0 unspecified atom stereocenters. The maximum atomic E-state index is 11.5. The number of aryl methyl sites for hydroxylation is 4. The maximum absolute atomic E-state index is 11.5. The van der Waals surface area contributed by atoms with Crippen LogP contribution < -0.4 is 11.5 Å². The molecular formula is C17H25N3O2. The van der Waals surface area contributed by atoms with Crippen molar-refractivity contribution in [2.24, 2.45) is 11.5 Å². The number of aromatic nitrogens is 1. The molecule has 0 aliphatic carbocycles. The van der Waals surface area contributed by atoms with E-state index in [-0.39, 0.29) is 0 Å². The van der Waals surface area contributed by atoms with Gasteiger partial charge in [-0.25, -0.2) is 4.79 Å². The van der Waals surface area contributed by atoms with Crippen LogP contribution in [0.3, 0.4) is 0 Å². The van der Waals surface area contributed by atoms with Crippen LogP contribution in [0.5, 0.6) is 0 Å². The first-order valence-corrected chi connectivity index (χ1v) is 7.76. The highest BCUT2D eigenvalue weighted by molar-refractivity contribution is 5.99. The van der Waals surface area contributed by atoms with Gasteiger partial charge in [-0.05, 0) is 69.0 Å². The zero-order valence-corrected chi connectivity index (χ0v) is 13.4. The van der Waals surface area contributed by atoms with Crippen LogP contribution in [0, 0.1) is 13.8 Å². The molecule has 0 saturated heterocycles.